The summed E-state index contributed by atoms with van der Waals surface area (Å²) in [4.78, 5) is 23.4. The first-order chi connectivity index (χ1) is 10.1. The molecule has 0 aliphatic heterocycles. The summed E-state index contributed by atoms with van der Waals surface area (Å²) in [6, 6.07) is 0.250. The third-order valence-electron chi connectivity index (χ3n) is 2.45. The van der Waals surface area contributed by atoms with Gasteiger partial charge in [0.15, 0.2) is 0 Å². The highest BCUT2D eigenvalue weighted by atomic mass is 19.3. The number of carbonyl (C=O) groups excluding carboxylic acids is 2. The summed E-state index contributed by atoms with van der Waals surface area (Å²) in [5, 5.41) is 5.95. The van der Waals surface area contributed by atoms with E-state index in [9.17, 15) is 18.4 Å². The van der Waals surface area contributed by atoms with Crippen LogP contribution in [-0.4, -0.2) is 40.6 Å². The number of halogens is 2. The number of methoxy groups -OCH3 is 1. The molecule has 1 atom stereocenters. The van der Waals surface area contributed by atoms with Crippen LogP contribution in [0.25, 0.3) is 0 Å². The lowest BCUT2D eigenvalue weighted by atomic mass is 10.1. The summed E-state index contributed by atoms with van der Waals surface area (Å²) >= 11 is 0. The Morgan fingerprint density at radius 2 is 2.05 bits per heavy atom. The Kier molecular flexibility index (Phi) is 5.84. The Morgan fingerprint density at radius 1 is 1.41 bits per heavy atom. The van der Waals surface area contributed by atoms with Gasteiger partial charge in [0, 0.05) is 12.6 Å². The highest BCUT2D eigenvalue weighted by molar-refractivity contribution is 5.81. The number of alkyl carbamates (subject to hydrolysis) is 1. The molecule has 1 rings (SSSR count). The molecule has 22 heavy (non-hydrogen) atoms. The predicted octanol–water partition coefficient (Wildman–Crippen LogP) is 1.89. The van der Waals surface area contributed by atoms with Gasteiger partial charge in [0.05, 0.1) is 12.8 Å². The number of esters is 1. The number of alkyl halides is 2. The van der Waals surface area contributed by atoms with Gasteiger partial charge in [-0.25, -0.2) is 14.3 Å². The molecular weight excluding hydrogens is 300 g/mol. The van der Waals surface area contributed by atoms with E-state index in [1.54, 1.807) is 20.8 Å². The maximum atomic E-state index is 12.5. The number of rotatable bonds is 5. The molecule has 0 aliphatic carbocycles. The van der Waals surface area contributed by atoms with Crippen molar-refractivity contribution >= 4 is 12.1 Å². The molecule has 1 aromatic heterocycles. The normalized spacial score (nSPS) is 12.9. The minimum atomic E-state index is -2.77. The van der Waals surface area contributed by atoms with Gasteiger partial charge in [-0.15, -0.1) is 0 Å². The summed E-state index contributed by atoms with van der Waals surface area (Å²) in [7, 11) is 1.16. The van der Waals surface area contributed by atoms with E-state index in [0.29, 0.717) is 4.68 Å². The fraction of sp³-hybridized carbons (Fsp3) is 0.615. The van der Waals surface area contributed by atoms with Gasteiger partial charge in [-0.05, 0) is 26.8 Å². The summed E-state index contributed by atoms with van der Waals surface area (Å²) in [6.45, 7) is 2.24. The van der Waals surface area contributed by atoms with Crippen molar-refractivity contribution in [3.05, 3.63) is 18.0 Å². The summed E-state index contributed by atoms with van der Waals surface area (Å²) in [5.74, 6) is -0.725. The molecule has 0 saturated heterocycles. The Morgan fingerprint density at radius 3 is 2.50 bits per heavy atom. The zero-order valence-electron chi connectivity index (χ0n) is 12.8. The second-order valence-corrected chi connectivity index (χ2v) is 5.49. The second-order valence-electron chi connectivity index (χ2n) is 5.49. The SMILES string of the molecule is COC(=O)C(Cc1ccn(C(F)F)n1)NC(=O)OC(C)(C)C. The standard InChI is InChI=1S/C13H19F2N3O4/c1-13(2,3)22-12(20)16-9(10(19)21-4)7-8-5-6-18(17-8)11(14)15/h5-6,9,11H,7H2,1-4H3,(H,16,20). The third-order valence-corrected chi connectivity index (χ3v) is 2.45. The topological polar surface area (TPSA) is 82.5 Å². The lowest BCUT2D eigenvalue weighted by Gasteiger charge is -2.22. The number of aromatic nitrogens is 2. The first-order valence-electron chi connectivity index (χ1n) is 6.52. The molecule has 0 bridgehead atoms. The van der Waals surface area contributed by atoms with E-state index in [1.807, 2.05) is 0 Å². The van der Waals surface area contributed by atoms with Gasteiger partial charge in [0.1, 0.15) is 11.6 Å². The average molecular weight is 319 g/mol. The number of ether oxygens (including phenoxy) is 2. The van der Waals surface area contributed by atoms with E-state index in [2.05, 4.69) is 15.2 Å². The number of nitrogens with one attached hydrogen (secondary N) is 1. The van der Waals surface area contributed by atoms with Crippen molar-refractivity contribution in [3.63, 3.8) is 0 Å². The Labute approximate surface area is 126 Å². The second kappa shape index (κ2) is 7.19. The van der Waals surface area contributed by atoms with Crippen LogP contribution in [-0.2, 0) is 20.7 Å². The van der Waals surface area contributed by atoms with Gasteiger partial charge in [0.25, 0.3) is 0 Å². The van der Waals surface area contributed by atoms with Crippen LogP contribution in [0.3, 0.4) is 0 Å². The molecule has 0 spiro atoms. The lowest BCUT2D eigenvalue weighted by molar-refractivity contribution is -0.143. The molecule has 7 nitrogen and oxygen atoms in total. The van der Waals surface area contributed by atoms with Crippen LogP contribution in [0.15, 0.2) is 12.3 Å². The molecule has 1 amide bonds. The van der Waals surface area contributed by atoms with Gasteiger partial charge < -0.3 is 14.8 Å². The molecule has 0 saturated carbocycles. The largest absolute Gasteiger partial charge is 0.467 e. The molecule has 124 valence electrons. The molecule has 9 heteroatoms. The minimum absolute atomic E-state index is 0.0916. The zero-order valence-corrected chi connectivity index (χ0v) is 12.8. The van der Waals surface area contributed by atoms with Crippen LogP contribution >= 0.6 is 0 Å². The first kappa shape index (κ1) is 17.9. The van der Waals surface area contributed by atoms with Crippen LogP contribution in [0.2, 0.25) is 0 Å². The number of nitrogens with zero attached hydrogens (tertiary/aromatic N) is 2. The Balaban J connectivity index is 2.76. The summed E-state index contributed by atoms with van der Waals surface area (Å²) < 4.78 is 35.0. The van der Waals surface area contributed by atoms with E-state index >= 15 is 0 Å². The molecule has 1 heterocycles. The molecule has 1 aromatic rings. The van der Waals surface area contributed by atoms with Crippen molar-refractivity contribution in [2.45, 2.75) is 45.4 Å². The summed E-state index contributed by atoms with van der Waals surface area (Å²) in [6.07, 6.45) is 0.184. The monoisotopic (exact) mass is 319 g/mol. The van der Waals surface area contributed by atoms with E-state index in [-0.39, 0.29) is 12.1 Å². The molecule has 0 aliphatic rings. The van der Waals surface area contributed by atoms with Crippen LogP contribution in [0.4, 0.5) is 13.6 Å². The van der Waals surface area contributed by atoms with Crippen molar-refractivity contribution in [1.82, 2.24) is 15.1 Å². The smallest absolute Gasteiger partial charge is 0.408 e. The van der Waals surface area contributed by atoms with Gasteiger partial charge in [-0.2, -0.15) is 13.9 Å². The van der Waals surface area contributed by atoms with E-state index in [4.69, 9.17) is 4.74 Å². The number of hydrogen-bond donors (Lipinski definition) is 1. The molecule has 0 fully saturated rings. The van der Waals surface area contributed by atoms with Gasteiger partial charge in [-0.3, -0.25) is 0 Å². The van der Waals surface area contributed by atoms with Crippen molar-refractivity contribution in [1.29, 1.82) is 0 Å². The van der Waals surface area contributed by atoms with Crippen molar-refractivity contribution in [2.75, 3.05) is 7.11 Å². The lowest BCUT2D eigenvalue weighted by Crippen LogP contribution is -2.45. The fourth-order valence-electron chi connectivity index (χ4n) is 1.59. The highest BCUT2D eigenvalue weighted by Gasteiger charge is 2.26. The van der Waals surface area contributed by atoms with Crippen molar-refractivity contribution in [3.8, 4) is 0 Å². The molecule has 0 aromatic carbocycles. The number of carbonyl (C=O) groups is 2. The van der Waals surface area contributed by atoms with Crippen molar-refractivity contribution in [2.24, 2.45) is 0 Å². The Bertz CT molecular complexity index is 526. The van der Waals surface area contributed by atoms with Gasteiger partial charge in [-0.1, -0.05) is 0 Å². The Hall–Kier alpha value is -2.19. The van der Waals surface area contributed by atoms with E-state index in [1.165, 1.54) is 6.07 Å². The summed E-state index contributed by atoms with van der Waals surface area (Å²) in [5.41, 5.74) is -0.520. The highest BCUT2D eigenvalue weighted by Crippen LogP contribution is 2.11. The average Bonchev–Trinajstić information content (AvgIpc) is 2.83. The van der Waals surface area contributed by atoms with Crippen LogP contribution in [0, 0.1) is 0 Å². The fourth-order valence-corrected chi connectivity index (χ4v) is 1.59. The number of hydrogen-bond acceptors (Lipinski definition) is 5. The van der Waals surface area contributed by atoms with Gasteiger partial charge in [0.2, 0.25) is 0 Å². The molecule has 0 radical (unpaired) electrons. The third kappa shape index (κ3) is 5.66. The number of amides is 1. The molecule has 1 unspecified atom stereocenters. The molecule has 1 N–H and O–H groups in total. The maximum Gasteiger partial charge on any atom is 0.408 e. The van der Waals surface area contributed by atoms with Crippen LogP contribution < -0.4 is 5.32 Å². The predicted molar refractivity (Wildman–Crippen MR) is 72.4 cm³/mol. The van der Waals surface area contributed by atoms with Gasteiger partial charge >= 0.3 is 18.6 Å². The quantitative estimate of drug-likeness (QED) is 0.838. The first-order valence-corrected chi connectivity index (χ1v) is 6.52. The van der Waals surface area contributed by atoms with Crippen LogP contribution in [0.1, 0.15) is 33.0 Å². The maximum absolute atomic E-state index is 12.5. The minimum Gasteiger partial charge on any atom is -0.467 e. The zero-order chi connectivity index (χ0) is 16.9. The molecular formula is C13H19F2N3O4. The van der Waals surface area contributed by atoms with Crippen molar-refractivity contribution < 1.29 is 27.8 Å². The van der Waals surface area contributed by atoms with Crippen LogP contribution in [0.5, 0.6) is 0 Å². The van der Waals surface area contributed by atoms with E-state index in [0.717, 1.165) is 13.3 Å². The van der Waals surface area contributed by atoms with E-state index < -0.39 is 30.3 Å².